The molecule has 1 fully saturated rings. The van der Waals surface area contributed by atoms with Crippen LogP contribution in [0.4, 0.5) is 5.82 Å². The molecule has 1 saturated heterocycles. The maximum atomic E-state index is 13.2. The van der Waals surface area contributed by atoms with Gasteiger partial charge >= 0.3 is 0 Å². The minimum Gasteiger partial charge on any atom is -0.356 e. The highest BCUT2D eigenvalue weighted by Crippen LogP contribution is 2.27. The van der Waals surface area contributed by atoms with Gasteiger partial charge in [-0.25, -0.2) is 4.98 Å². The Bertz CT molecular complexity index is 948. The molecule has 0 bridgehead atoms. The van der Waals surface area contributed by atoms with Crippen LogP contribution in [-0.4, -0.2) is 49.5 Å². The number of aromatic nitrogens is 1. The maximum Gasteiger partial charge on any atom is 0.255 e. The molecule has 146 valence electrons. The van der Waals surface area contributed by atoms with Gasteiger partial charge in [-0.1, -0.05) is 18.2 Å². The van der Waals surface area contributed by atoms with Gasteiger partial charge in [0.2, 0.25) is 0 Å². The second-order valence-electron chi connectivity index (χ2n) is 7.49. The summed E-state index contributed by atoms with van der Waals surface area (Å²) in [5.41, 5.74) is 2.83. The molecule has 1 N–H and O–H groups in total. The number of thiophene rings is 1. The summed E-state index contributed by atoms with van der Waals surface area (Å²) in [4.78, 5) is 22.4. The van der Waals surface area contributed by atoms with Crippen LogP contribution >= 0.6 is 11.3 Å². The molecule has 3 heterocycles. The van der Waals surface area contributed by atoms with E-state index in [0.29, 0.717) is 12.1 Å². The van der Waals surface area contributed by atoms with Crippen LogP contribution in [0.25, 0.3) is 10.9 Å². The number of fused-ring (bicyclic) bond motifs is 1. The summed E-state index contributed by atoms with van der Waals surface area (Å²) >= 11 is 1.68. The minimum absolute atomic E-state index is 0.0535. The first-order valence-corrected chi connectivity index (χ1v) is 10.7. The van der Waals surface area contributed by atoms with Gasteiger partial charge in [0.1, 0.15) is 5.82 Å². The molecule has 0 saturated carbocycles. The van der Waals surface area contributed by atoms with Crippen LogP contribution in [0.2, 0.25) is 0 Å². The molecule has 2 aromatic heterocycles. The van der Waals surface area contributed by atoms with Gasteiger partial charge in [-0.2, -0.15) is 11.3 Å². The molecular weight excluding hydrogens is 368 g/mol. The van der Waals surface area contributed by atoms with E-state index < -0.39 is 0 Å². The van der Waals surface area contributed by atoms with Crippen LogP contribution in [0.3, 0.4) is 0 Å². The molecule has 1 atom stereocenters. The lowest BCUT2D eigenvalue weighted by molar-refractivity contribution is 0.0942. The van der Waals surface area contributed by atoms with E-state index in [-0.39, 0.29) is 11.9 Å². The second kappa shape index (κ2) is 8.29. The highest BCUT2D eigenvalue weighted by Gasteiger charge is 2.23. The smallest absolute Gasteiger partial charge is 0.255 e. The van der Waals surface area contributed by atoms with Crippen LogP contribution in [-0.2, 0) is 0 Å². The first-order chi connectivity index (χ1) is 13.6. The Morgan fingerprint density at radius 2 is 2.04 bits per heavy atom. The molecular formula is C22H26N4OS. The Hall–Kier alpha value is -2.44. The van der Waals surface area contributed by atoms with E-state index in [0.717, 1.165) is 42.7 Å². The van der Waals surface area contributed by atoms with Crippen molar-refractivity contribution in [2.24, 2.45) is 0 Å². The van der Waals surface area contributed by atoms with Gasteiger partial charge < -0.3 is 15.1 Å². The normalized spacial score (nSPS) is 15.3. The minimum atomic E-state index is -0.0535. The van der Waals surface area contributed by atoms with E-state index in [1.807, 2.05) is 44.4 Å². The predicted octanol–water partition coefficient (Wildman–Crippen LogP) is 3.93. The van der Waals surface area contributed by atoms with Crippen molar-refractivity contribution in [1.29, 1.82) is 0 Å². The average Bonchev–Trinajstić information content (AvgIpc) is 3.41. The molecule has 5 nitrogen and oxygen atoms in total. The first kappa shape index (κ1) is 18.9. The lowest BCUT2D eigenvalue weighted by Gasteiger charge is -2.25. The number of benzene rings is 1. The molecule has 6 heteroatoms. The third-order valence-corrected chi connectivity index (χ3v) is 6.06. The van der Waals surface area contributed by atoms with Crippen LogP contribution in [0, 0.1) is 0 Å². The molecule has 0 aliphatic carbocycles. The van der Waals surface area contributed by atoms with Crippen molar-refractivity contribution >= 4 is 34.0 Å². The van der Waals surface area contributed by atoms with Crippen molar-refractivity contribution in [2.45, 2.75) is 18.9 Å². The summed E-state index contributed by atoms with van der Waals surface area (Å²) in [6.07, 6.45) is 2.30. The van der Waals surface area contributed by atoms with Crippen LogP contribution in [0.15, 0.2) is 47.2 Å². The first-order valence-electron chi connectivity index (χ1n) is 9.75. The summed E-state index contributed by atoms with van der Waals surface area (Å²) < 4.78 is 0. The fourth-order valence-corrected chi connectivity index (χ4v) is 4.50. The number of hydrogen-bond acceptors (Lipinski definition) is 5. The van der Waals surface area contributed by atoms with Crippen LogP contribution in [0.5, 0.6) is 0 Å². The quantitative estimate of drug-likeness (QED) is 0.688. The third-order valence-electron chi connectivity index (χ3n) is 5.36. The zero-order chi connectivity index (χ0) is 19.5. The zero-order valence-corrected chi connectivity index (χ0v) is 17.2. The number of nitrogens with one attached hydrogen (secondary N) is 1. The number of likely N-dealkylation sites (N-methyl/N-ethyl adjacent to an activating group) is 1. The van der Waals surface area contributed by atoms with Gasteiger partial charge in [-0.15, -0.1) is 0 Å². The van der Waals surface area contributed by atoms with Crippen molar-refractivity contribution in [3.05, 3.63) is 58.3 Å². The number of anilines is 1. The molecule has 1 aromatic carbocycles. The van der Waals surface area contributed by atoms with E-state index in [9.17, 15) is 4.79 Å². The van der Waals surface area contributed by atoms with Gasteiger partial charge in [-0.3, -0.25) is 4.79 Å². The molecule has 4 rings (SSSR count). The SMILES string of the molecule is CN(C)C(CNC(=O)c1cc2ccccc2nc1N1CCCC1)c1ccsc1. The van der Waals surface area contributed by atoms with Gasteiger partial charge in [0.25, 0.3) is 5.91 Å². The number of nitrogens with zero attached hydrogens (tertiary/aromatic N) is 3. The van der Waals surface area contributed by atoms with Crippen molar-refractivity contribution < 1.29 is 4.79 Å². The summed E-state index contributed by atoms with van der Waals surface area (Å²) in [6, 6.07) is 12.3. The molecule has 1 amide bonds. The van der Waals surface area contributed by atoms with Crippen LogP contribution < -0.4 is 10.2 Å². The van der Waals surface area contributed by atoms with Gasteiger partial charge in [-0.05, 0) is 61.5 Å². The number of para-hydroxylation sites is 1. The topological polar surface area (TPSA) is 48.5 Å². The number of carbonyl (C=O) groups excluding carboxylic acids is 1. The van der Waals surface area contributed by atoms with E-state index in [1.54, 1.807) is 11.3 Å². The predicted molar refractivity (Wildman–Crippen MR) is 116 cm³/mol. The monoisotopic (exact) mass is 394 g/mol. The number of rotatable bonds is 6. The summed E-state index contributed by atoms with van der Waals surface area (Å²) in [5.74, 6) is 0.757. The number of hydrogen-bond donors (Lipinski definition) is 1. The standard InChI is InChI=1S/C22H26N4OS/c1-25(2)20(17-9-12-28-15-17)14-23-22(27)18-13-16-7-3-4-8-19(16)24-21(18)26-10-5-6-11-26/h3-4,7-9,12-13,15,20H,5-6,10-11,14H2,1-2H3,(H,23,27). The highest BCUT2D eigenvalue weighted by atomic mass is 32.1. The molecule has 3 aromatic rings. The van der Waals surface area contributed by atoms with E-state index in [2.05, 4.69) is 31.9 Å². The fourth-order valence-electron chi connectivity index (χ4n) is 3.79. The molecule has 28 heavy (non-hydrogen) atoms. The summed E-state index contributed by atoms with van der Waals surface area (Å²) in [6.45, 7) is 2.48. The Morgan fingerprint density at radius 1 is 1.25 bits per heavy atom. The average molecular weight is 395 g/mol. The van der Waals surface area contributed by atoms with Crippen LogP contribution in [0.1, 0.15) is 34.8 Å². The number of amides is 1. The molecule has 1 unspecified atom stereocenters. The lowest BCUT2D eigenvalue weighted by atomic mass is 10.1. The third kappa shape index (κ3) is 3.88. The van der Waals surface area contributed by atoms with E-state index >= 15 is 0 Å². The Kier molecular flexibility index (Phi) is 5.59. The Balaban J connectivity index is 1.61. The molecule has 1 aliphatic heterocycles. The second-order valence-corrected chi connectivity index (χ2v) is 8.27. The largest absolute Gasteiger partial charge is 0.356 e. The van der Waals surface area contributed by atoms with Gasteiger partial charge in [0.05, 0.1) is 17.1 Å². The number of pyridine rings is 1. The molecule has 0 spiro atoms. The molecule has 1 aliphatic rings. The summed E-state index contributed by atoms with van der Waals surface area (Å²) in [7, 11) is 4.09. The summed E-state index contributed by atoms with van der Waals surface area (Å²) in [5, 5.41) is 8.37. The molecule has 0 radical (unpaired) electrons. The van der Waals surface area contributed by atoms with E-state index in [4.69, 9.17) is 4.98 Å². The van der Waals surface area contributed by atoms with Crippen molar-refractivity contribution in [3.63, 3.8) is 0 Å². The lowest BCUT2D eigenvalue weighted by Crippen LogP contribution is -2.35. The number of carbonyl (C=O) groups is 1. The van der Waals surface area contributed by atoms with E-state index in [1.165, 1.54) is 5.56 Å². The van der Waals surface area contributed by atoms with Crippen molar-refractivity contribution in [1.82, 2.24) is 15.2 Å². The maximum absolute atomic E-state index is 13.2. The highest BCUT2D eigenvalue weighted by molar-refractivity contribution is 7.08. The van der Waals surface area contributed by atoms with Gasteiger partial charge in [0, 0.05) is 25.0 Å². The Morgan fingerprint density at radius 3 is 2.75 bits per heavy atom. The van der Waals surface area contributed by atoms with Crippen molar-refractivity contribution in [2.75, 3.05) is 38.6 Å². The van der Waals surface area contributed by atoms with Gasteiger partial charge in [0.15, 0.2) is 0 Å². The Labute approximate surface area is 170 Å². The van der Waals surface area contributed by atoms with Crippen molar-refractivity contribution in [3.8, 4) is 0 Å². The fraction of sp³-hybridized carbons (Fsp3) is 0.364. The zero-order valence-electron chi connectivity index (χ0n) is 16.4.